The first-order valence-electron chi connectivity index (χ1n) is 36.6. The molecule has 0 fully saturated rings. The van der Waals surface area contributed by atoms with E-state index >= 15 is 0 Å². The fourth-order valence-corrected chi connectivity index (χ4v) is 11.7. The van der Waals surface area contributed by atoms with Crippen LogP contribution < -0.4 is 5.32 Å². The van der Waals surface area contributed by atoms with E-state index in [2.05, 4.69) is 43.5 Å². The number of esters is 1. The summed E-state index contributed by atoms with van der Waals surface area (Å²) < 4.78 is 5.50. The van der Waals surface area contributed by atoms with Gasteiger partial charge in [-0.05, 0) is 57.8 Å². The molecule has 6 heteroatoms. The molecule has 0 aliphatic carbocycles. The quantitative estimate of drug-likeness (QED) is 0.0320. The minimum atomic E-state index is -0.667. The van der Waals surface area contributed by atoms with E-state index in [4.69, 9.17) is 4.74 Å². The molecule has 2 unspecified atom stereocenters. The zero-order valence-electron chi connectivity index (χ0n) is 54.3. The van der Waals surface area contributed by atoms with E-state index < -0.39 is 12.1 Å². The van der Waals surface area contributed by atoms with E-state index in [1.807, 2.05) is 0 Å². The predicted molar refractivity (Wildman–Crippen MR) is 352 cm³/mol. The van der Waals surface area contributed by atoms with Crippen LogP contribution in [0.1, 0.15) is 412 Å². The molecule has 0 aliphatic rings. The minimum absolute atomic E-state index is 0.0150. The van der Waals surface area contributed by atoms with Gasteiger partial charge in [-0.15, -0.1) is 0 Å². The first kappa shape index (κ1) is 78.3. The summed E-state index contributed by atoms with van der Waals surface area (Å²) >= 11 is 0. The van der Waals surface area contributed by atoms with Gasteiger partial charge in [0, 0.05) is 12.8 Å². The number of hydrogen-bond acceptors (Lipinski definition) is 5. The maximum absolute atomic E-state index is 12.5. The Bertz CT molecular complexity index is 1250. The smallest absolute Gasteiger partial charge is 0.305 e. The summed E-state index contributed by atoms with van der Waals surface area (Å²) in [5.74, 6) is -0.0187. The largest absolute Gasteiger partial charge is 0.466 e. The number of allylic oxidation sites excluding steroid dienone is 4. The molecule has 474 valence electrons. The third kappa shape index (κ3) is 65.5. The Morgan fingerprint density at radius 3 is 0.950 bits per heavy atom. The lowest BCUT2D eigenvalue weighted by Crippen LogP contribution is -2.45. The molecule has 3 N–H and O–H groups in total. The number of carbonyl (C=O) groups is 2. The van der Waals surface area contributed by atoms with Crippen molar-refractivity contribution in [3.05, 3.63) is 24.3 Å². The van der Waals surface area contributed by atoms with Crippen LogP contribution in [0.4, 0.5) is 0 Å². The molecular weight excluding hydrogens is 983 g/mol. The fraction of sp³-hybridized carbons (Fsp3) is 0.919. The summed E-state index contributed by atoms with van der Waals surface area (Å²) in [7, 11) is 0. The van der Waals surface area contributed by atoms with Gasteiger partial charge in [0.25, 0.3) is 0 Å². The second-order valence-electron chi connectivity index (χ2n) is 25.3. The minimum Gasteiger partial charge on any atom is -0.466 e. The molecule has 0 heterocycles. The van der Waals surface area contributed by atoms with Crippen molar-refractivity contribution in [1.29, 1.82) is 0 Å². The van der Waals surface area contributed by atoms with Crippen LogP contribution in [0.5, 0.6) is 0 Å². The number of hydrogen-bond donors (Lipinski definition) is 3. The lowest BCUT2D eigenvalue weighted by Gasteiger charge is -2.22. The SMILES string of the molecule is CCCCCCCCCCCCCCCCCCCCCCC(O)C(CO)NC(=O)CCCCCCCCCCCCC/C=C\C/C=C\CCCCCCCCCCCOC(=O)CCCCCCCCCCCCCCCCCC. The van der Waals surface area contributed by atoms with Gasteiger partial charge in [-0.25, -0.2) is 0 Å². The topological polar surface area (TPSA) is 95.9 Å². The number of ether oxygens (including phenoxy) is 1. The van der Waals surface area contributed by atoms with E-state index in [0.29, 0.717) is 25.9 Å². The van der Waals surface area contributed by atoms with Gasteiger partial charge < -0.3 is 20.3 Å². The van der Waals surface area contributed by atoms with Crippen molar-refractivity contribution in [3.8, 4) is 0 Å². The molecule has 0 spiro atoms. The second kappa shape index (κ2) is 69.8. The summed E-state index contributed by atoms with van der Waals surface area (Å²) in [6.07, 6.45) is 88.0. The molecule has 0 radical (unpaired) electrons. The Labute approximate surface area is 501 Å². The molecule has 0 aromatic rings. The Kier molecular flexibility index (Phi) is 68.4. The van der Waals surface area contributed by atoms with Crippen molar-refractivity contribution in [1.82, 2.24) is 5.32 Å². The Balaban J connectivity index is 3.40. The van der Waals surface area contributed by atoms with Crippen LogP contribution >= 0.6 is 0 Å². The van der Waals surface area contributed by atoms with Gasteiger partial charge in [0.05, 0.1) is 25.4 Å². The number of nitrogens with one attached hydrogen (secondary N) is 1. The van der Waals surface area contributed by atoms with E-state index in [1.54, 1.807) is 0 Å². The summed E-state index contributed by atoms with van der Waals surface area (Å²) in [5.41, 5.74) is 0. The van der Waals surface area contributed by atoms with Crippen LogP contribution in [-0.2, 0) is 14.3 Å². The molecule has 0 rings (SSSR count). The predicted octanol–water partition coefficient (Wildman–Crippen LogP) is 23.7. The number of rotatable bonds is 69. The van der Waals surface area contributed by atoms with Crippen molar-refractivity contribution < 1.29 is 24.5 Å². The molecule has 0 saturated carbocycles. The van der Waals surface area contributed by atoms with E-state index in [0.717, 1.165) is 44.9 Å². The molecule has 0 bridgehead atoms. The van der Waals surface area contributed by atoms with Gasteiger partial charge in [-0.2, -0.15) is 0 Å². The summed E-state index contributed by atoms with van der Waals surface area (Å²) in [6, 6.07) is -0.545. The number of unbranched alkanes of at least 4 members (excludes halogenated alkanes) is 54. The van der Waals surface area contributed by atoms with E-state index in [-0.39, 0.29) is 18.5 Å². The number of aliphatic hydroxyl groups excluding tert-OH is 2. The zero-order chi connectivity index (χ0) is 57.8. The van der Waals surface area contributed by atoms with Crippen LogP contribution in [0.2, 0.25) is 0 Å². The van der Waals surface area contributed by atoms with Crippen molar-refractivity contribution in [2.75, 3.05) is 13.2 Å². The van der Waals surface area contributed by atoms with Gasteiger partial charge in [0.1, 0.15) is 0 Å². The first-order chi connectivity index (χ1) is 39.5. The second-order valence-corrected chi connectivity index (χ2v) is 25.3. The average molecular weight is 1130 g/mol. The van der Waals surface area contributed by atoms with Crippen LogP contribution in [0, 0.1) is 0 Å². The molecule has 2 atom stereocenters. The number of aliphatic hydroxyl groups is 2. The lowest BCUT2D eigenvalue weighted by molar-refractivity contribution is -0.143. The van der Waals surface area contributed by atoms with E-state index in [9.17, 15) is 19.8 Å². The number of carbonyl (C=O) groups excluding carboxylic acids is 2. The van der Waals surface area contributed by atoms with Gasteiger partial charge in [0.15, 0.2) is 0 Å². The van der Waals surface area contributed by atoms with Crippen LogP contribution in [0.3, 0.4) is 0 Å². The molecule has 80 heavy (non-hydrogen) atoms. The zero-order valence-corrected chi connectivity index (χ0v) is 54.3. The lowest BCUT2D eigenvalue weighted by atomic mass is 10.0. The summed E-state index contributed by atoms with van der Waals surface area (Å²) in [4.78, 5) is 24.6. The van der Waals surface area contributed by atoms with Crippen molar-refractivity contribution >= 4 is 11.9 Å². The maximum atomic E-state index is 12.5. The summed E-state index contributed by atoms with van der Waals surface area (Å²) in [5, 5.41) is 23.4. The van der Waals surface area contributed by atoms with Crippen molar-refractivity contribution in [2.24, 2.45) is 0 Å². The highest BCUT2D eigenvalue weighted by Gasteiger charge is 2.20. The molecule has 0 saturated heterocycles. The molecule has 0 aliphatic heterocycles. The van der Waals surface area contributed by atoms with Crippen molar-refractivity contribution in [3.63, 3.8) is 0 Å². The van der Waals surface area contributed by atoms with E-state index in [1.165, 1.54) is 334 Å². The fourth-order valence-electron chi connectivity index (χ4n) is 11.7. The normalized spacial score (nSPS) is 12.6. The van der Waals surface area contributed by atoms with Crippen molar-refractivity contribution in [2.45, 2.75) is 424 Å². The summed E-state index contributed by atoms with van der Waals surface area (Å²) in [6.45, 7) is 5.00. The van der Waals surface area contributed by atoms with Gasteiger partial charge >= 0.3 is 5.97 Å². The maximum Gasteiger partial charge on any atom is 0.305 e. The van der Waals surface area contributed by atoms with Crippen LogP contribution in [0.25, 0.3) is 0 Å². The molecular formula is C74H143NO5. The van der Waals surface area contributed by atoms with Gasteiger partial charge in [-0.3, -0.25) is 9.59 Å². The Morgan fingerprint density at radius 1 is 0.350 bits per heavy atom. The molecule has 0 aromatic carbocycles. The standard InChI is InChI=1S/C74H143NO5/c1-3-5-7-9-11-13-15-17-19-21-22-32-35-38-42-46-50-54-58-62-66-72(77)71(70-76)75-73(78)67-63-59-55-51-47-43-39-36-33-30-28-26-24-23-25-27-29-31-34-37-41-45-49-53-57-61-65-69-80-74(79)68-64-60-56-52-48-44-40-20-18-16-14-12-10-8-6-4-2/h23-24,27,29,71-72,76-77H,3-22,25-26,28,30-70H2,1-2H3,(H,75,78)/b24-23-,29-27-. The monoisotopic (exact) mass is 1130 g/mol. The van der Waals surface area contributed by atoms with Gasteiger partial charge in [0.2, 0.25) is 5.91 Å². The van der Waals surface area contributed by atoms with Crippen LogP contribution in [0.15, 0.2) is 24.3 Å². The Morgan fingerprint density at radius 2 is 0.625 bits per heavy atom. The Hall–Kier alpha value is -1.66. The highest BCUT2D eigenvalue weighted by molar-refractivity contribution is 5.76. The highest BCUT2D eigenvalue weighted by atomic mass is 16.5. The molecule has 1 amide bonds. The highest BCUT2D eigenvalue weighted by Crippen LogP contribution is 2.19. The van der Waals surface area contributed by atoms with Gasteiger partial charge in [-0.1, -0.05) is 366 Å². The third-order valence-corrected chi connectivity index (χ3v) is 17.3. The molecule has 6 nitrogen and oxygen atoms in total. The molecule has 0 aromatic heterocycles. The average Bonchev–Trinajstić information content (AvgIpc) is 3.46. The van der Waals surface area contributed by atoms with Crippen LogP contribution in [-0.4, -0.2) is 47.4 Å². The first-order valence-corrected chi connectivity index (χ1v) is 36.6. The number of amides is 1. The third-order valence-electron chi connectivity index (χ3n) is 17.3.